The van der Waals surface area contributed by atoms with E-state index in [9.17, 15) is 13.2 Å². The highest BCUT2D eigenvalue weighted by Gasteiger charge is 2.25. The summed E-state index contributed by atoms with van der Waals surface area (Å²) in [5, 5.41) is 2.61. The van der Waals surface area contributed by atoms with Crippen molar-refractivity contribution in [3.63, 3.8) is 0 Å². The first-order valence-electron chi connectivity index (χ1n) is 7.76. The lowest BCUT2D eigenvalue weighted by Gasteiger charge is -2.21. The molecule has 1 rings (SSSR count). The topological polar surface area (TPSA) is 75.7 Å². The van der Waals surface area contributed by atoms with Crippen molar-refractivity contribution in [3.05, 3.63) is 23.8 Å². The van der Waals surface area contributed by atoms with Gasteiger partial charge in [-0.2, -0.15) is 4.31 Å². The fourth-order valence-corrected chi connectivity index (χ4v) is 3.59. The molecule has 7 heteroatoms. The lowest BCUT2D eigenvalue weighted by molar-refractivity contribution is -0.121. The van der Waals surface area contributed by atoms with Crippen molar-refractivity contribution in [1.82, 2.24) is 9.62 Å². The Balaban J connectivity index is 3.06. The van der Waals surface area contributed by atoms with Crippen LogP contribution >= 0.6 is 0 Å². The van der Waals surface area contributed by atoms with Crippen LogP contribution in [0.2, 0.25) is 0 Å². The van der Waals surface area contributed by atoms with Crippen LogP contribution in [0, 0.1) is 6.92 Å². The van der Waals surface area contributed by atoms with Crippen LogP contribution in [0.3, 0.4) is 0 Å². The van der Waals surface area contributed by atoms with Crippen LogP contribution in [-0.4, -0.2) is 44.4 Å². The molecule has 1 N–H and O–H groups in total. The number of amides is 1. The lowest BCUT2D eigenvalue weighted by atomic mass is 10.2. The molecule has 0 aliphatic carbocycles. The molecule has 0 spiro atoms. The highest BCUT2D eigenvalue weighted by atomic mass is 32.2. The van der Waals surface area contributed by atoms with Gasteiger partial charge < -0.3 is 10.1 Å². The molecule has 0 saturated heterocycles. The molecule has 0 bridgehead atoms. The van der Waals surface area contributed by atoms with Gasteiger partial charge in [0, 0.05) is 13.1 Å². The van der Waals surface area contributed by atoms with Crippen LogP contribution in [-0.2, 0) is 14.8 Å². The fourth-order valence-electron chi connectivity index (χ4n) is 2.10. The summed E-state index contributed by atoms with van der Waals surface area (Å²) in [7, 11) is -3.72. The molecule has 130 valence electrons. The molecule has 1 aromatic carbocycles. The summed E-state index contributed by atoms with van der Waals surface area (Å²) >= 11 is 0. The Bertz CT molecular complexity index is 641. The van der Waals surface area contributed by atoms with E-state index in [1.54, 1.807) is 32.9 Å². The number of nitrogens with zero attached hydrogens (tertiary/aromatic N) is 1. The summed E-state index contributed by atoms with van der Waals surface area (Å²) in [5.41, 5.74) is 0.744. The van der Waals surface area contributed by atoms with Crippen molar-refractivity contribution >= 4 is 15.9 Å². The Kier molecular flexibility index (Phi) is 7.02. The Labute approximate surface area is 138 Å². The van der Waals surface area contributed by atoms with Gasteiger partial charge in [0.15, 0.2) is 0 Å². The largest absolute Gasteiger partial charge is 0.491 e. The van der Waals surface area contributed by atoms with Gasteiger partial charge in [-0.05, 0) is 51.5 Å². The lowest BCUT2D eigenvalue weighted by Crippen LogP contribution is -2.40. The number of aryl methyl sites for hydroxylation is 1. The van der Waals surface area contributed by atoms with Crippen LogP contribution in [0.1, 0.15) is 33.3 Å². The standard InChI is InChI=1S/C16H26N2O4S/c1-6-17-16(19)11-18(7-2)23(20,21)14-8-9-15(13(5)10-14)22-12(3)4/h8-10,12H,6-7,11H2,1-5H3,(H,17,19). The Morgan fingerprint density at radius 2 is 1.96 bits per heavy atom. The number of sulfonamides is 1. The van der Waals surface area contributed by atoms with Gasteiger partial charge in [0.1, 0.15) is 5.75 Å². The van der Waals surface area contributed by atoms with Gasteiger partial charge in [0.2, 0.25) is 15.9 Å². The van der Waals surface area contributed by atoms with Crippen molar-refractivity contribution in [2.24, 2.45) is 0 Å². The quantitative estimate of drug-likeness (QED) is 0.783. The first-order valence-corrected chi connectivity index (χ1v) is 9.20. The second-order valence-corrected chi connectivity index (χ2v) is 7.42. The molecule has 23 heavy (non-hydrogen) atoms. The van der Waals surface area contributed by atoms with Gasteiger partial charge in [-0.1, -0.05) is 6.92 Å². The predicted molar refractivity (Wildman–Crippen MR) is 90.1 cm³/mol. The van der Waals surface area contributed by atoms with E-state index in [4.69, 9.17) is 4.74 Å². The smallest absolute Gasteiger partial charge is 0.243 e. The Morgan fingerprint density at radius 3 is 2.43 bits per heavy atom. The number of likely N-dealkylation sites (N-methyl/N-ethyl adjacent to an activating group) is 2. The monoisotopic (exact) mass is 342 g/mol. The van der Waals surface area contributed by atoms with Crippen LogP contribution < -0.4 is 10.1 Å². The number of benzene rings is 1. The van der Waals surface area contributed by atoms with Crippen LogP contribution in [0.25, 0.3) is 0 Å². The molecule has 0 saturated carbocycles. The first-order chi connectivity index (χ1) is 10.7. The average Bonchev–Trinajstić information content (AvgIpc) is 2.46. The minimum atomic E-state index is -3.72. The van der Waals surface area contributed by atoms with Crippen LogP contribution in [0.15, 0.2) is 23.1 Å². The van der Waals surface area contributed by atoms with Gasteiger partial charge in [-0.15, -0.1) is 0 Å². The number of rotatable bonds is 8. The molecule has 1 aromatic rings. The van der Waals surface area contributed by atoms with E-state index in [2.05, 4.69) is 5.32 Å². The number of hydrogen-bond acceptors (Lipinski definition) is 4. The average molecular weight is 342 g/mol. The SMILES string of the molecule is CCNC(=O)CN(CC)S(=O)(=O)c1ccc(OC(C)C)c(C)c1. The maximum Gasteiger partial charge on any atom is 0.243 e. The van der Waals surface area contributed by atoms with Crippen molar-refractivity contribution in [3.8, 4) is 5.75 Å². The van der Waals surface area contributed by atoms with Crippen molar-refractivity contribution in [2.75, 3.05) is 19.6 Å². The third kappa shape index (κ3) is 5.21. The van der Waals surface area contributed by atoms with Crippen LogP contribution in [0.4, 0.5) is 0 Å². The minimum absolute atomic E-state index is 0.0148. The van der Waals surface area contributed by atoms with E-state index in [1.165, 1.54) is 6.07 Å². The molecule has 0 heterocycles. The first kappa shape index (κ1) is 19.4. The zero-order valence-corrected chi connectivity index (χ0v) is 15.2. The third-order valence-corrected chi connectivity index (χ3v) is 5.11. The summed E-state index contributed by atoms with van der Waals surface area (Å²) in [4.78, 5) is 11.9. The molecule has 0 fully saturated rings. The van der Waals surface area contributed by atoms with Crippen molar-refractivity contribution in [2.45, 2.75) is 45.6 Å². The van der Waals surface area contributed by atoms with Crippen molar-refractivity contribution < 1.29 is 17.9 Å². The molecule has 0 unspecified atom stereocenters. The summed E-state index contributed by atoms with van der Waals surface area (Å²) in [6.07, 6.45) is 0.0148. The number of carbonyl (C=O) groups is 1. The molecule has 0 atom stereocenters. The molecular weight excluding hydrogens is 316 g/mol. The molecule has 0 aromatic heterocycles. The Morgan fingerprint density at radius 1 is 1.30 bits per heavy atom. The van der Waals surface area contributed by atoms with E-state index in [-0.39, 0.29) is 30.0 Å². The zero-order chi connectivity index (χ0) is 17.6. The Hall–Kier alpha value is -1.60. The molecule has 0 radical (unpaired) electrons. The van der Waals surface area contributed by atoms with E-state index in [1.807, 2.05) is 13.8 Å². The molecule has 1 amide bonds. The summed E-state index contributed by atoms with van der Waals surface area (Å²) < 4.78 is 32.2. The number of ether oxygens (including phenoxy) is 1. The number of carbonyl (C=O) groups excluding carboxylic acids is 1. The second kappa shape index (κ2) is 8.31. The number of nitrogens with one attached hydrogen (secondary N) is 1. The van der Waals surface area contributed by atoms with Gasteiger partial charge >= 0.3 is 0 Å². The molecular formula is C16H26N2O4S. The van der Waals surface area contributed by atoms with Gasteiger partial charge in [0.25, 0.3) is 0 Å². The van der Waals surface area contributed by atoms with Crippen molar-refractivity contribution in [1.29, 1.82) is 0 Å². The maximum absolute atomic E-state index is 12.7. The van der Waals surface area contributed by atoms with Gasteiger partial charge in [-0.3, -0.25) is 4.79 Å². The van der Waals surface area contributed by atoms with Gasteiger partial charge in [0.05, 0.1) is 17.5 Å². The maximum atomic E-state index is 12.7. The van der Waals surface area contributed by atoms with Crippen LogP contribution in [0.5, 0.6) is 5.75 Å². The second-order valence-electron chi connectivity index (χ2n) is 5.48. The minimum Gasteiger partial charge on any atom is -0.491 e. The molecule has 0 aliphatic rings. The van der Waals surface area contributed by atoms with E-state index in [0.29, 0.717) is 12.3 Å². The predicted octanol–water partition coefficient (Wildman–Crippen LogP) is 1.93. The molecule has 0 aliphatic heterocycles. The zero-order valence-electron chi connectivity index (χ0n) is 14.4. The number of hydrogen-bond donors (Lipinski definition) is 1. The summed E-state index contributed by atoms with van der Waals surface area (Å²) in [6.45, 7) is 9.64. The highest BCUT2D eigenvalue weighted by molar-refractivity contribution is 7.89. The summed E-state index contributed by atoms with van der Waals surface area (Å²) in [5.74, 6) is 0.347. The summed E-state index contributed by atoms with van der Waals surface area (Å²) in [6, 6.07) is 4.75. The fraction of sp³-hybridized carbons (Fsp3) is 0.562. The third-order valence-electron chi connectivity index (χ3n) is 3.19. The van der Waals surface area contributed by atoms with E-state index >= 15 is 0 Å². The normalized spacial score (nSPS) is 11.8. The van der Waals surface area contributed by atoms with E-state index in [0.717, 1.165) is 9.87 Å². The molecule has 6 nitrogen and oxygen atoms in total. The highest BCUT2D eigenvalue weighted by Crippen LogP contribution is 2.24. The van der Waals surface area contributed by atoms with Gasteiger partial charge in [-0.25, -0.2) is 8.42 Å². The van der Waals surface area contributed by atoms with E-state index < -0.39 is 10.0 Å².